The standard InChI is InChI=1S/C11H13F2NO/c1-7-2-3-9(12)8(10(7)13)4-11(15)5-14-6-11/h2-3,14-15H,4-6H2,1H3. The average molecular weight is 213 g/mol. The Kier molecular flexibility index (Phi) is 2.48. The van der Waals surface area contributed by atoms with Crippen molar-refractivity contribution in [1.82, 2.24) is 5.32 Å². The highest BCUT2D eigenvalue weighted by Crippen LogP contribution is 2.23. The molecule has 82 valence electrons. The molecule has 0 spiro atoms. The molecule has 0 aromatic heterocycles. The van der Waals surface area contributed by atoms with Crippen LogP contribution in [0, 0.1) is 18.6 Å². The molecular weight excluding hydrogens is 200 g/mol. The zero-order chi connectivity index (χ0) is 11.1. The van der Waals surface area contributed by atoms with E-state index in [1.165, 1.54) is 12.1 Å². The smallest absolute Gasteiger partial charge is 0.132 e. The lowest BCUT2D eigenvalue weighted by molar-refractivity contribution is -0.0104. The molecule has 4 heteroatoms. The number of nitrogens with one attached hydrogen (secondary N) is 1. The number of benzene rings is 1. The van der Waals surface area contributed by atoms with Gasteiger partial charge in [0.15, 0.2) is 0 Å². The third-order valence-electron chi connectivity index (χ3n) is 2.79. The maximum absolute atomic E-state index is 13.6. The van der Waals surface area contributed by atoms with Crippen molar-refractivity contribution in [3.8, 4) is 0 Å². The number of halogens is 2. The van der Waals surface area contributed by atoms with Gasteiger partial charge in [-0.05, 0) is 18.6 Å². The van der Waals surface area contributed by atoms with E-state index in [0.717, 1.165) is 0 Å². The fourth-order valence-electron chi connectivity index (χ4n) is 1.74. The maximum atomic E-state index is 13.6. The van der Waals surface area contributed by atoms with Gasteiger partial charge < -0.3 is 10.4 Å². The van der Waals surface area contributed by atoms with Gasteiger partial charge in [-0.15, -0.1) is 0 Å². The van der Waals surface area contributed by atoms with E-state index in [-0.39, 0.29) is 12.0 Å². The normalized spacial score (nSPS) is 18.7. The first-order valence-electron chi connectivity index (χ1n) is 4.88. The lowest BCUT2D eigenvalue weighted by atomic mass is 9.88. The van der Waals surface area contributed by atoms with Crippen molar-refractivity contribution in [3.05, 3.63) is 34.9 Å². The van der Waals surface area contributed by atoms with Crippen LogP contribution in [0.15, 0.2) is 12.1 Å². The predicted molar refractivity (Wildman–Crippen MR) is 52.6 cm³/mol. The highest BCUT2D eigenvalue weighted by atomic mass is 19.1. The van der Waals surface area contributed by atoms with Gasteiger partial charge in [-0.2, -0.15) is 0 Å². The summed E-state index contributed by atoms with van der Waals surface area (Å²) in [5.74, 6) is -1.13. The van der Waals surface area contributed by atoms with E-state index in [1.807, 2.05) is 0 Å². The Bertz CT molecular complexity index is 388. The number of hydrogen-bond acceptors (Lipinski definition) is 2. The highest BCUT2D eigenvalue weighted by Gasteiger charge is 2.36. The highest BCUT2D eigenvalue weighted by molar-refractivity contribution is 5.28. The van der Waals surface area contributed by atoms with Crippen LogP contribution in [0.3, 0.4) is 0 Å². The van der Waals surface area contributed by atoms with Crippen molar-refractivity contribution in [2.45, 2.75) is 18.9 Å². The Morgan fingerprint density at radius 2 is 2.07 bits per heavy atom. The second kappa shape index (κ2) is 3.54. The second-order valence-electron chi connectivity index (χ2n) is 4.16. The van der Waals surface area contributed by atoms with Crippen molar-refractivity contribution < 1.29 is 13.9 Å². The molecule has 0 atom stereocenters. The van der Waals surface area contributed by atoms with E-state index in [1.54, 1.807) is 6.92 Å². The van der Waals surface area contributed by atoms with Gasteiger partial charge in [0.25, 0.3) is 0 Å². The summed E-state index contributed by atoms with van der Waals surface area (Å²) in [6.07, 6.45) is 0.0271. The fraction of sp³-hybridized carbons (Fsp3) is 0.455. The molecule has 0 amide bonds. The molecule has 1 fully saturated rings. The first-order valence-corrected chi connectivity index (χ1v) is 4.88. The van der Waals surface area contributed by atoms with Gasteiger partial charge in [0, 0.05) is 25.1 Å². The van der Waals surface area contributed by atoms with E-state index < -0.39 is 17.2 Å². The topological polar surface area (TPSA) is 32.3 Å². The second-order valence-corrected chi connectivity index (χ2v) is 4.16. The molecule has 1 aromatic rings. The summed E-state index contributed by atoms with van der Waals surface area (Å²) in [7, 11) is 0. The van der Waals surface area contributed by atoms with Crippen molar-refractivity contribution in [2.75, 3.05) is 13.1 Å². The van der Waals surface area contributed by atoms with E-state index >= 15 is 0 Å². The third kappa shape index (κ3) is 1.87. The third-order valence-corrected chi connectivity index (χ3v) is 2.79. The van der Waals surface area contributed by atoms with Crippen LogP contribution < -0.4 is 5.32 Å². The summed E-state index contributed by atoms with van der Waals surface area (Å²) in [6, 6.07) is 2.64. The van der Waals surface area contributed by atoms with Crippen molar-refractivity contribution in [3.63, 3.8) is 0 Å². The minimum absolute atomic E-state index is 0.0148. The molecule has 0 saturated carbocycles. The van der Waals surface area contributed by atoms with Crippen LogP contribution in [0.2, 0.25) is 0 Å². The van der Waals surface area contributed by atoms with Gasteiger partial charge in [0.05, 0.1) is 5.60 Å². The van der Waals surface area contributed by atoms with Crippen molar-refractivity contribution in [2.24, 2.45) is 0 Å². The Morgan fingerprint density at radius 1 is 1.40 bits per heavy atom. The summed E-state index contributed by atoms with van der Waals surface area (Å²) < 4.78 is 26.9. The molecule has 1 saturated heterocycles. The van der Waals surface area contributed by atoms with Gasteiger partial charge in [0.2, 0.25) is 0 Å². The van der Waals surface area contributed by atoms with Crippen LogP contribution in [-0.4, -0.2) is 23.8 Å². The Morgan fingerprint density at radius 3 is 2.60 bits per heavy atom. The van der Waals surface area contributed by atoms with Gasteiger partial charge in [0.1, 0.15) is 11.6 Å². The van der Waals surface area contributed by atoms with Gasteiger partial charge in [-0.3, -0.25) is 0 Å². The average Bonchev–Trinajstić information content (AvgIpc) is 2.16. The Hall–Kier alpha value is -1.00. The Balaban J connectivity index is 2.30. The van der Waals surface area contributed by atoms with E-state index in [4.69, 9.17) is 0 Å². The van der Waals surface area contributed by atoms with Gasteiger partial charge >= 0.3 is 0 Å². The summed E-state index contributed by atoms with van der Waals surface area (Å²) >= 11 is 0. The molecule has 1 aliphatic heterocycles. The van der Waals surface area contributed by atoms with Crippen LogP contribution in [0.25, 0.3) is 0 Å². The monoisotopic (exact) mass is 213 g/mol. The first-order chi connectivity index (χ1) is 7.02. The van der Waals surface area contributed by atoms with E-state index in [2.05, 4.69) is 5.32 Å². The van der Waals surface area contributed by atoms with Crippen molar-refractivity contribution >= 4 is 0 Å². The summed E-state index contributed by atoms with van der Waals surface area (Å²) in [6.45, 7) is 2.36. The van der Waals surface area contributed by atoms with Crippen LogP contribution >= 0.6 is 0 Å². The summed E-state index contributed by atoms with van der Waals surface area (Å²) in [5.41, 5.74) is -0.601. The minimum atomic E-state index is -0.991. The lowest BCUT2D eigenvalue weighted by Gasteiger charge is -2.37. The van der Waals surface area contributed by atoms with Gasteiger partial charge in [-0.25, -0.2) is 8.78 Å². The predicted octanol–water partition coefficient (Wildman–Crippen LogP) is 1.15. The summed E-state index contributed by atoms with van der Waals surface area (Å²) in [4.78, 5) is 0. The summed E-state index contributed by atoms with van der Waals surface area (Å²) in [5, 5.41) is 12.7. The lowest BCUT2D eigenvalue weighted by Crippen LogP contribution is -2.60. The zero-order valence-electron chi connectivity index (χ0n) is 8.48. The molecule has 1 aliphatic rings. The maximum Gasteiger partial charge on any atom is 0.132 e. The SMILES string of the molecule is Cc1ccc(F)c(CC2(O)CNC2)c1F. The molecule has 0 radical (unpaired) electrons. The number of aliphatic hydroxyl groups is 1. The minimum Gasteiger partial charge on any atom is -0.387 e. The molecule has 0 bridgehead atoms. The van der Waals surface area contributed by atoms with E-state index in [0.29, 0.717) is 18.7 Å². The largest absolute Gasteiger partial charge is 0.387 e. The van der Waals surface area contributed by atoms with Crippen molar-refractivity contribution in [1.29, 1.82) is 0 Å². The molecule has 2 rings (SSSR count). The Labute approximate surface area is 86.9 Å². The van der Waals surface area contributed by atoms with Crippen LogP contribution in [0.1, 0.15) is 11.1 Å². The number of hydrogen-bond donors (Lipinski definition) is 2. The quantitative estimate of drug-likeness (QED) is 0.772. The number of rotatable bonds is 2. The fourth-order valence-corrected chi connectivity index (χ4v) is 1.74. The van der Waals surface area contributed by atoms with Crippen LogP contribution in [-0.2, 0) is 6.42 Å². The van der Waals surface area contributed by atoms with E-state index in [9.17, 15) is 13.9 Å². The number of aryl methyl sites for hydroxylation is 1. The first kappa shape index (κ1) is 10.5. The van der Waals surface area contributed by atoms with Crippen LogP contribution in [0.4, 0.5) is 8.78 Å². The molecule has 0 unspecified atom stereocenters. The molecule has 0 aliphatic carbocycles. The molecule has 1 aromatic carbocycles. The number of β-amino-alcohol motifs (C(OH)–C–C–N with tert-alkyl or cyclic N) is 1. The van der Waals surface area contributed by atoms with Gasteiger partial charge in [-0.1, -0.05) is 6.07 Å². The molecule has 1 heterocycles. The molecule has 15 heavy (non-hydrogen) atoms. The zero-order valence-corrected chi connectivity index (χ0v) is 8.48. The van der Waals surface area contributed by atoms with Crippen LogP contribution in [0.5, 0.6) is 0 Å². The molecular formula is C11H13F2NO. The molecule has 2 nitrogen and oxygen atoms in total. The molecule has 2 N–H and O–H groups in total.